The van der Waals surface area contributed by atoms with E-state index in [1.165, 1.54) is 7.11 Å². The van der Waals surface area contributed by atoms with Crippen molar-refractivity contribution in [2.75, 3.05) is 13.7 Å². The Balaban J connectivity index is 2.02. The predicted octanol–water partition coefficient (Wildman–Crippen LogP) is 0.0818. The molecule has 19 heavy (non-hydrogen) atoms. The second-order valence-electron chi connectivity index (χ2n) is 4.50. The van der Waals surface area contributed by atoms with Gasteiger partial charge in [0.25, 0.3) is 10.0 Å². The maximum atomic E-state index is 11.9. The molecule has 1 fully saturated rings. The lowest BCUT2D eigenvalue weighted by Gasteiger charge is -2.10. The number of nitrogens with two attached hydrogens (primary N) is 1. The van der Waals surface area contributed by atoms with Gasteiger partial charge in [-0.25, -0.2) is 17.9 Å². The molecule has 0 saturated heterocycles. The number of carbonyl (C=O) groups excluding carboxylic acids is 1. The molecule has 1 aromatic heterocycles. The molecule has 1 aromatic rings. The number of carbonyl (C=O) groups is 1. The minimum absolute atomic E-state index is 0.0503. The van der Waals surface area contributed by atoms with Gasteiger partial charge in [-0.1, -0.05) is 0 Å². The van der Waals surface area contributed by atoms with Crippen molar-refractivity contribution >= 4 is 16.0 Å². The van der Waals surface area contributed by atoms with Crippen LogP contribution in [0.25, 0.3) is 0 Å². The number of ether oxygens (including phenoxy) is 1. The SMILES string of the molecule is COC(=O)c1coc(S(=O)(=O)NCC(N)C2CC2)c1. The second kappa shape index (κ2) is 5.32. The van der Waals surface area contributed by atoms with Crippen LogP contribution < -0.4 is 10.5 Å². The van der Waals surface area contributed by atoms with Crippen LogP contribution >= 0.6 is 0 Å². The summed E-state index contributed by atoms with van der Waals surface area (Å²) in [6, 6.07) is 0.932. The maximum absolute atomic E-state index is 11.9. The third-order valence-electron chi connectivity index (χ3n) is 3.00. The van der Waals surface area contributed by atoms with Crippen molar-refractivity contribution in [1.29, 1.82) is 0 Å². The first-order chi connectivity index (χ1) is 8.94. The van der Waals surface area contributed by atoms with Gasteiger partial charge in [0.05, 0.1) is 12.7 Å². The van der Waals surface area contributed by atoms with E-state index < -0.39 is 16.0 Å². The Morgan fingerprint density at radius 2 is 2.32 bits per heavy atom. The Kier molecular flexibility index (Phi) is 3.93. The Morgan fingerprint density at radius 3 is 2.89 bits per heavy atom. The smallest absolute Gasteiger partial charge is 0.341 e. The third kappa shape index (κ3) is 3.34. The lowest BCUT2D eigenvalue weighted by Crippen LogP contribution is -2.38. The number of rotatable bonds is 6. The van der Waals surface area contributed by atoms with Crippen LogP contribution in [0.1, 0.15) is 23.2 Å². The van der Waals surface area contributed by atoms with Crippen LogP contribution in [0, 0.1) is 5.92 Å². The van der Waals surface area contributed by atoms with Crippen LogP contribution in [0.5, 0.6) is 0 Å². The molecule has 0 aromatic carbocycles. The van der Waals surface area contributed by atoms with Crippen molar-refractivity contribution in [2.24, 2.45) is 11.7 Å². The molecule has 0 aliphatic heterocycles. The molecule has 1 aliphatic carbocycles. The number of esters is 1. The first-order valence-electron chi connectivity index (χ1n) is 5.86. The fraction of sp³-hybridized carbons (Fsp3) is 0.545. The van der Waals surface area contributed by atoms with Crippen LogP contribution in [0.2, 0.25) is 0 Å². The molecule has 0 spiro atoms. The molecule has 106 valence electrons. The van der Waals surface area contributed by atoms with Crippen molar-refractivity contribution in [3.8, 4) is 0 Å². The van der Waals surface area contributed by atoms with Gasteiger partial charge in [-0.2, -0.15) is 0 Å². The van der Waals surface area contributed by atoms with Crippen molar-refractivity contribution in [2.45, 2.75) is 24.0 Å². The van der Waals surface area contributed by atoms with Crippen LogP contribution in [0.4, 0.5) is 0 Å². The van der Waals surface area contributed by atoms with E-state index in [1.54, 1.807) is 0 Å². The molecule has 2 rings (SSSR count). The van der Waals surface area contributed by atoms with Crippen LogP contribution in [0.15, 0.2) is 21.8 Å². The van der Waals surface area contributed by atoms with Crippen molar-refractivity contribution in [3.63, 3.8) is 0 Å². The van der Waals surface area contributed by atoms with E-state index in [2.05, 4.69) is 9.46 Å². The van der Waals surface area contributed by atoms with Gasteiger partial charge < -0.3 is 14.9 Å². The molecule has 0 radical (unpaired) electrons. The quantitative estimate of drug-likeness (QED) is 0.717. The molecular formula is C11H16N2O5S. The zero-order valence-electron chi connectivity index (χ0n) is 10.5. The van der Waals surface area contributed by atoms with Crippen LogP contribution in [-0.2, 0) is 14.8 Å². The van der Waals surface area contributed by atoms with E-state index in [4.69, 9.17) is 10.2 Å². The van der Waals surface area contributed by atoms with E-state index in [1.807, 2.05) is 0 Å². The number of sulfonamides is 1. The summed E-state index contributed by atoms with van der Waals surface area (Å²) in [7, 11) is -2.58. The standard InChI is InChI=1S/C11H16N2O5S/c1-17-11(14)8-4-10(18-6-8)19(15,16)13-5-9(12)7-2-3-7/h4,6-7,9,13H,2-3,5,12H2,1H3. The van der Waals surface area contributed by atoms with Gasteiger partial charge >= 0.3 is 5.97 Å². The molecule has 0 amide bonds. The largest absolute Gasteiger partial charge is 0.465 e. The highest BCUT2D eigenvalue weighted by molar-refractivity contribution is 7.89. The van der Waals surface area contributed by atoms with E-state index in [0.717, 1.165) is 25.2 Å². The van der Waals surface area contributed by atoms with Gasteiger partial charge in [0.1, 0.15) is 6.26 Å². The Morgan fingerprint density at radius 1 is 1.63 bits per heavy atom. The molecule has 1 heterocycles. The number of hydrogen-bond donors (Lipinski definition) is 2. The summed E-state index contributed by atoms with van der Waals surface area (Å²) in [5.74, 6) is -0.259. The minimum Gasteiger partial charge on any atom is -0.465 e. The van der Waals surface area contributed by atoms with Crippen LogP contribution in [-0.4, -0.2) is 34.1 Å². The second-order valence-corrected chi connectivity index (χ2v) is 6.20. The predicted molar refractivity (Wildman–Crippen MR) is 65.9 cm³/mol. The summed E-state index contributed by atoms with van der Waals surface area (Å²) in [4.78, 5) is 11.2. The van der Waals surface area contributed by atoms with Gasteiger partial charge in [-0.3, -0.25) is 0 Å². The van der Waals surface area contributed by atoms with E-state index >= 15 is 0 Å². The van der Waals surface area contributed by atoms with Crippen LogP contribution in [0.3, 0.4) is 0 Å². The Hall–Kier alpha value is -1.38. The summed E-state index contributed by atoms with van der Waals surface area (Å²) < 4.78 is 35.5. The first-order valence-corrected chi connectivity index (χ1v) is 7.34. The fourth-order valence-corrected chi connectivity index (χ4v) is 2.66. The Bertz CT molecular complexity index is 561. The minimum atomic E-state index is -3.79. The average Bonchev–Trinajstić information content (AvgIpc) is 3.11. The summed E-state index contributed by atoms with van der Waals surface area (Å²) in [5, 5.41) is -0.323. The molecule has 0 bridgehead atoms. The van der Waals surface area contributed by atoms with Crippen molar-refractivity contribution in [1.82, 2.24) is 4.72 Å². The number of nitrogens with one attached hydrogen (secondary N) is 1. The fourth-order valence-electron chi connectivity index (χ4n) is 1.65. The first kappa shape index (κ1) is 14.0. The van der Waals surface area contributed by atoms with E-state index in [-0.39, 0.29) is 23.2 Å². The van der Waals surface area contributed by atoms with E-state index in [0.29, 0.717) is 5.92 Å². The molecule has 1 atom stereocenters. The van der Waals surface area contributed by atoms with Crippen molar-refractivity contribution in [3.05, 3.63) is 17.9 Å². The molecule has 1 saturated carbocycles. The third-order valence-corrected chi connectivity index (χ3v) is 4.29. The average molecular weight is 288 g/mol. The molecule has 7 nitrogen and oxygen atoms in total. The van der Waals surface area contributed by atoms with Gasteiger partial charge in [0, 0.05) is 18.7 Å². The summed E-state index contributed by atoms with van der Waals surface area (Å²) in [6.45, 7) is 0.154. The molecule has 1 unspecified atom stereocenters. The van der Waals surface area contributed by atoms with Gasteiger partial charge in [-0.15, -0.1) is 0 Å². The number of methoxy groups -OCH3 is 1. The molecule has 8 heteroatoms. The maximum Gasteiger partial charge on any atom is 0.341 e. The normalized spacial score (nSPS) is 17.2. The van der Waals surface area contributed by atoms with Gasteiger partial charge in [0.2, 0.25) is 5.09 Å². The zero-order chi connectivity index (χ0) is 14.0. The summed E-state index contributed by atoms with van der Waals surface area (Å²) in [6.07, 6.45) is 3.12. The molecule has 3 N–H and O–H groups in total. The lowest BCUT2D eigenvalue weighted by atomic mass is 10.2. The number of hydrogen-bond acceptors (Lipinski definition) is 6. The molecule has 1 aliphatic rings. The van der Waals surface area contributed by atoms with Gasteiger partial charge in [0.15, 0.2) is 0 Å². The van der Waals surface area contributed by atoms with Crippen molar-refractivity contribution < 1.29 is 22.4 Å². The topological polar surface area (TPSA) is 112 Å². The number of furan rings is 1. The van der Waals surface area contributed by atoms with Gasteiger partial charge in [-0.05, 0) is 18.8 Å². The molecular weight excluding hydrogens is 272 g/mol. The highest BCUT2D eigenvalue weighted by Crippen LogP contribution is 2.31. The zero-order valence-corrected chi connectivity index (χ0v) is 11.3. The monoisotopic (exact) mass is 288 g/mol. The highest BCUT2D eigenvalue weighted by atomic mass is 32.2. The lowest BCUT2D eigenvalue weighted by molar-refractivity contribution is 0.0600. The highest BCUT2D eigenvalue weighted by Gasteiger charge is 2.30. The summed E-state index contributed by atoms with van der Waals surface area (Å²) >= 11 is 0. The summed E-state index contributed by atoms with van der Waals surface area (Å²) in [5.41, 5.74) is 5.86. The van der Waals surface area contributed by atoms with E-state index in [9.17, 15) is 13.2 Å². The Labute approximate surface area is 111 Å².